The van der Waals surface area contributed by atoms with E-state index >= 15 is 0 Å². The Kier molecular flexibility index (Phi) is 5.00. The molecule has 0 aliphatic carbocycles. The highest BCUT2D eigenvalue weighted by Crippen LogP contribution is 2.22. The fourth-order valence-corrected chi connectivity index (χ4v) is 2.04. The van der Waals surface area contributed by atoms with Gasteiger partial charge in [-0.2, -0.15) is 5.26 Å². The zero-order chi connectivity index (χ0) is 17.7. The minimum atomic E-state index is -1.20. The van der Waals surface area contributed by atoms with E-state index in [4.69, 9.17) is 10.00 Å². The molecule has 0 radical (unpaired) electrons. The Morgan fingerprint density at radius 1 is 1.29 bits per heavy atom. The Bertz CT molecular complexity index is 833. The van der Waals surface area contributed by atoms with Crippen LogP contribution in [-0.2, 0) is 4.79 Å². The second kappa shape index (κ2) is 6.97. The molecule has 2 rings (SSSR count). The van der Waals surface area contributed by atoms with Crippen LogP contribution in [-0.4, -0.2) is 22.8 Å². The molecule has 0 aliphatic rings. The van der Waals surface area contributed by atoms with Gasteiger partial charge in [0.25, 0.3) is 5.91 Å². The standard InChI is InChI=1S/C19H18N2O3/c1-13-6-4-8-15(17(13)22)12-21-18(23)19(2,3)24-16-9-5-7-14(10-16)11-20/h4-10,12,22H,1-3H3. The second-order valence-electron chi connectivity index (χ2n) is 5.83. The van der Waals surface area contributed by atoms with Crippen molar-refractivity contribution in [1.29, 1.82) is 5.26 Å². The molecule has 0 unspecified atom stereocenters. The average molecular weight is 322 g/mol. The maximum absolute atomic E-state index is 12.3. The lowest BCUT2D eigenvalue weighted by Gasteiger charge is -2.22. The number of phenolic OH excluding ortho intramolecular Hbond substituents is 1. The summed E-state index contributed by atoms with van der Waals surface area (Å²) < 4.78 is 5.67. The number of carbonyl (C=O) groups is 1. The van der Waals surface area contributed by atoms with Gasteiger partial charge in [0, 0.05) is 11.8 Å². The first-order valence-corrected chi connectivity index (χ1v) is 7.40. The summed E-state index contributed by atoms with van der Waals surface area (Å²) in [6, 6.07) is 13.8. The molecule has 0 spiro atoms. The molecule has 0 aromatic heterocycles. The van der Waals surface area contributed by atoms with E-state index in [-0.39, 0.29) is 5.75 Å². The van der Waals surface area contributed by atoms with Crippen molar-refractivity contribution in [2.24, 2.45) is 4.99 Å². The Morgan fingerprint density at radius 3 is 2.71 bits per heavy atom. The van der Waals surface area contributed by atoms with Crippen LogP contribution in [0.3, 0.4) is 0 Å². The molecule has 24 heavy (non-hydrogen) atoms. The van der Waals surface area contributed by atoms with Crippen molar-refractivity contribution in [3.05, 3.63) is 59.2 Å². The number of carbonyl (C=O) groups excluding carboxylic acids is 1. The molecule has 1 N–H and O–H groups in total. The molecule has 0 saturated heterocycles. The van der Waals surface area contributed by atoms with Crippen molar-refractivity contribution in [3.8, 4) is 17.6 Å². The van der Waals surface area contributed by atoms with Gasteiger partial charge in [0.15, 0.2) is 5.60 Å². The number of hydrogen-bond acceptors (Lipinski definition) is 4. The largest absolute Gasteiger partial charge is 0.507 e. The van der Waals surface area contributed by atoms with E-state index in [9.17, 15) is 9.90 Å². The minimum Gasteiger partial charge on any atom is -0.507 e. The first-order valence-electron chi connectivity index (χ1n) is 7.40. The van der Waals surface area contributed by atoms with E-state index in [0.29, 0.717) is 22.4 Å². The van der Waals surface area contributed by atoms with Crippen molar-refractivity contribution >= 4 is 12.1 Å². The molecule has 5 nitrogen and oxygen atoms in total. The Morgan fingerprint density at radius 2 is 2.00 bits per heavy atom. The van der Waals surface area contributed by atoms with Gasteiger partial charge in [-0.1, -0.05) is 18.2 Å². The number of nitrogens with zero attached hydrogens (tertiary/aromatic N) is 2. The summed E-state index contributed by atoms with van der Waals surface area (Å²) in [4.78, 5) is 16.2. The number of para-hydroxylation sites is 1. The molecule has 0 bridgehead atoms. The van der Waals surface area contributed by atoms with Gasteiger partial charge in [0.1, 0.15) is 11.5 Å². The Labute approximate surface area is 140 Å². The van der Waals surface area contributed by atoms with Gasteiger partial charge in [-0.05, 0) is 50.6 Å². The normalized spacial score (nSPS) is 11.2. The highest BCUT2D eigenvalue weighted by Gasteiger charge is 2.29. The van der Waals surface area contributed by atoms with Crippen LogP contribution in [0, 0.1) is 18.3 Å². The van der Waals surface area contributed by atoms with Crippen molar-refractivity contribution in [1.82, 2.24) is 0 Å². The lowest BCUT2D eigenvalue weighted by Crippen LogP contribution is -2.37. The molecule has 5 heteroatoms. The predicted octanol–water partition coefficient (Wildman–Crippen LogP) is 3.38. The number of rotatable bonds is 4. The third-order valence-corrected chi connectivity index (χ3v) is 3.44. The van der Waals surface area contributed by atoms with E-state index in [2.05, 4.69) is 4.99 Å². The molecular weight excluding hydrogens is 304 g/mol. The number of aryl methyl sites for hydroxylation is 1. The van der Waals surface area contributed by atoms with Crippen LogP contribution in [0.4, 0.5) is 0 Å². The summed E-state index contributed by atoms with van der Waals surface area (Å²) in [6.45, 7) is 4.97. The van der Waals surface area contributed by atoms with Crippen molar-refractivity contribution < 1.29 is 14.6 Å². The molecular formula is C19H18N2O3. The third-order valence-electron chi connectivity index (χ3n) is 3.44. The van der Waals surface area contributed by atoms with Crippen LogP contribution in [0.5, 0.6) is 11.5 Å². The van der Waals surface area contributed by atoms with Crippen LogP contribution >= 0.6 is 0 Å². The first kappa shape index (κ1) is 17.2. The quantitative estimate of drug-likeness (QED) is 0.875. The van der Waals surface area contributed by atoms with Gasteiger partial charge in [-0.25, -0.2) is 4.99 Å². The van der Waals surface area contributed by atoms with E-state index < -0.39 is 11.5 Å². The molecule has 2 aromatic carbocycles. The maximum Gasteiger partial charge on any atom is 0.289 e. The topological polar surface area (TPSA) is 82.7 Å². The van der Waals surface area contributed by atoms with Crippen LogP contribution in [0.25, 0.3) is 0 Å². The Balaban J connectivity index is 2.16. The molecule has 0 atom stereocenters. The lowest BCUT2D eigenvalue weighted by molar-refractivity contribution is -0.130. The van der Waals surface area contributed by atoms with Crippen LogP contribution < -0.4 is 4.74 Å². The number of nitriles is 1. The highest BCUT2D eigenvalue weighted by atomic mass is 16.5. The number of benzene rings is 2. The van der Waals surface area contributed by atoms with Crippen LogP contribution in [0.1, 0.15) is 30.5 Å². The van der Waals surface area contributed by atoms with E-state index in [1.54, 1.807) is 63.2 Å². The van der Waals surface area contributed by atoms with Crippen molar-refractivity contribution in [3.63, 3.8) is 0 Å². The molecule has 0 heterocycles. The number of hydrogen-bond donors (Lipinski definition) is 1. The summed E-state index contributed by atoms with van der Waals surface area (Å²) in [5.74, 6) is 0.0151. The van der Waals surface area contributed by atoms with Crippen LogP contribution in [0.15, 0.2) is 47.5 Å². The Hall–Kier alpha value is -3.13. The maximum atomic E-state index is 12.3. The average Bonchev–Trinajstić information content (AvgIpc) is 2.55. The highest BCUT2D eigenvalue weighted by molar-refractivity contribution is 5.97. The second-order valence-corrected chi connectivity index (χ2v) is 5.83. The van der Waals surface area contributed by atoms with Crippen LogP contribution in [0.2, 0.25) is 0 Å². The van der Waals surface area contributed by atoms with Crippen molar-refractivity contribution in [2.45, 2.75) is 26.4 Å². The molecule has 0 fully saturated rings. The van der Waals surface area contributed by atoms with Gasteiger partial charge >= 0.3 is 0 Å². The number of ether oxygens (including phenoxy) is 1. The summed E-state index contributed by atoms with van der Waals surface area (Å²) in [6.07, 6.45) is 1.32. The van der Waals surface area contributed by atoms with Gasteiger partial charge < -0.3 is 9.84 Å². The summed E-state index contributed by atoms with van der Waals surface area (Å²) >= 11 is 0. The molecule has 122 valence electrons. The minimum absolute atomic E-state index is 0.0921. The summed E-state index contributed by atoms with van der Waals surface area (Å²) in [5.41, 5.74) is 0.411. The third kappa shape index (κ3) is 3.99. The lowest BCUT2D eigenvalue weighted by atomic mass is 10.1. The number of aliphatic imine (C=N–C) groups is 1. The fraction of sp³-hybridized carbons (Fsp3) is 0.211. The smallest absolute Gasteiger partial charge is 0.289 e. The van der Waals surface area contributed by atoms with E-state index in [1.807, 2.05) is 6.07 Å². The van der Waals surface area contributed by atoms with Gasteiger partial charge in [0.05, 0.1) is 11.6 Å². The molecule has 2 aromatic rings. The van der Waals surface area contributed by atoms with Gasteiger partial charge in [-0.3, -0.25) is 4.79 Å². The fourth-order valence-electron chi connectivity index (χ4n) is 2.04. The van der Waals surface area contributed by atoms with E-state index in [0.717, 1.165) is 0 Å². The molecule has 1 amide bonds. The summed E-state index contributed by atoms with van der Waals surface area (Å²) in [5, 5.41) is 18.9. The van der Waals surface area contributed by atoms with Gasteiger partial charge in [-0.15, -0.1) is 0 Å². The zero-order valence-electron chi connectivity index (χ0n) is 13.8. The SMILES string of the molecule is Cc1cccc(C=NC(=O)C(C)(C)Oc2cccc(C#N)c2)c1O. The monoisotopic (exact) mass is 322 g/mol. The predicted molar refractivity (Wildman–Crippen MR) is 91.3 cm³/mol. The first-order chi connectivity index (χ1) is 11.3. The molecule has 0 saturated carbocycles. The van der Waals surface area contributed by atoms with Gasteiger partial charge in [0.2, 0.25) is 0 Å². The number of aromatic hydroxyl groups is 1. The summed E-state index contributed by atoms with van der Waals surface area (Å²) in [7, 11) is 0. The number of phenols is 1. The number of amides is 1. The zero-order valence-corrected chi connectivity index (χ0v) is 13.8. The van der Waals surface area contributed by atoms with Crippen molar-refractivity contribution in [2.75, 3.05) is 0 Å². The van der Waals surface area contributed by atoms with E-state index in [1.165, 1.54) is 6.21 Å². The molecule has 0 aliphatic heterocycles.